The normalized spacial score (nSPS) is 47.4. The van der Waals surface area contributed by atoms with E-state index in [4.69, 9.17) is 0 Å². The van der Waals surface area contributed by atoms with Crippen LogP contribution >= 0.6 is 0 Å². The van der Waals surface area contributed by atoms with Gasteiger partial charge in [-0.1, -0.05) is 0 Å². The van der Waals surface area contributed by atoms with Gasteiger partial charge in [0, 0.05) is 30.8 Å². The van der Waals surface area contributed by atoms with Crippen molar-refractivity contribution >= 4 is 5.91 Å². The number of rotatable bonds is 0. The van der Waals surface area contributed by atoms with Crippen LogP contribution in [-0.2, 0) is 4.79 Å². The molecule has 4 rings (SSSR count). The first-order chi connectivity index (χ1) is 8.84. The fourth-order valence-electron chi connectivity index (χ4n) is 5.48. The zero-order valence-corrected chi connectivity index (χ0v) is 11.2. The zero-order chi connectivity index (χ0) is 12.1. The third kappa shape index (κ3) is 1.56. The Morgan fingerprint density at radius 1 is 1.06 bits per heavy atom. The van der Waals surface area contributed by atoms with E-state index in [0.29, 0.717) is 11.9 Å². The fraction of sp³-hybridized carbons (Fsp3) is 0.933. The minimum Gasteiger partial charge on any atom is -0.339 e. The van der Waals surface area contributed by atoms with E-state index in [0.717, 1.165) is 37.3 Å². The Morgan fingerprint density at radius 3 is 2.78 bits per heavy atom. The zero-order valence-electron chi connectivity index (χ0n) is 11.2. The molecule has 18 heavy (non-hydrogen) atoms. The van der Waals surface area contributed by atoms with Crippen LogP contribution in [0.25, 0.3) is 0 Å². The van der Waals surface area contributed by atoms with E-state index in [1.54, 1.807) is 0 Å². The summed E-state index contributed by atoms with van der Waals surface area (Å²) in [5.74, 6) is 2.11. The van der Waals surface area contributed by atoms with Gasteiger partial charge >= 0.3 is 0 Å². The van der Waals surface area contributed by atoms with Crippen LogP contribution < -0.4 is 4.90 Å². The lowest BCUT2D eigenvalue weighted by Gasteiger charge is -2.56. The van der Waals surface area contributed by atoms with Gasteiger partial charge < -0.3 is 9.80 Å². The number of hydrogen-bond acceptors (Lipinski definition) is 1. The third-order valence-corrected chi connectivity index (χ3v) is 6.09. The molecule has 0 aromatic carbocycles. The largest absolute Gasteiger partial charge is 0.339 e. The summed E-state index contributed by atoms with van der Waals surface area (Å²) in [5.41, 5.74) is 0. The molecule has 0 aliphatic carbocycles. The molecule has 4 aliphatic heterocycles. The number of piperidine rings is 4. The molecule has 0 aromatic rings. The highest BCUT2D eigenvalue weighted by Gasteiger charge is 2.52. The van der Waals surface area contributed by atoms with Crippen LogP contribution in [0.3, 0.4) is 0 Å². The molecule has 5 atom stereocenters. The van der Waals surface area contributed by atoms with Crippen molar-refractivity contribution in [1.29, 1.82) is 0 Å². The van der Waals surface area contributed by atoms with Crippen molar-refractivity contribution in [2.75, 3.05) is 19.6 Å². The Hall–Kier alpha value is -0.570. The van der Waals surface area contributed by atoms with Gasteiger partial charge in [0.05, 0.1) is 19.1 Å². The number of carbonyl (C=O) groups excluding carboxylic acids is 1. The number of quaternary nitrogens is 1. The van der Waals surface area contributed by atoms with Crippen LogP contribution in [-0.4, -0.2) is 42.5 Å². The highest BCUT2D eigenvalue weighted by atomic mass is 16.2. The quantitative estimate of drug-likeness (QED) is 0.662. The number of hydrogen-bond donors (Lipinski definition) is 1. The summed E-state index contributed by atoms with van der Waals surface area (Å²) in [6.45, 7) is 3.89. The van der Waals surface area contributed by atoms with Crippen LogP contribution in [0.1, 0.15) is 44.9 Å². The van der Waals surface area contributed by atoms with Crippen molar-refractivity contribution in [3.05, 3.63) is 0 Å². The highest BCUT2D eigenvalue weighted by molar-refractivity contribution is 5.77. The average molecular weight is 249 g/mol. The SMILES string of the molecule is O=C1CCC[C@H]2[C@@H]3CCC[NH+]4CCC[C@@H](CN12)[C@H]34. The van der Waals surface area contributed by atoms with Crippen molar-refractivity contribution in [1.82, 2.24) is 4.90 Å². The molecule has 0 bridgehead atoms. The molecule has 3 nitrogen and oxygen atoms in total. The summed E-state index contributed by atoms with van der Waals surface area (Å²) in [6, 6.07) is 1.51. The van der Waals surface area contributed by atoms with Crippen molar-refractivity contribution in [3.63, 3.8) is 0 Å². The smallest absolute Gasteiger partial charge is 0.222 e. The second-order valence-electron chi connectivity index (χ2n) is 6.90. The van der Waals surface area contributed by atoms with Gasteiger partial charge in [0.15, 0.2) is 0 Å². The van der Waals surface area contributed by atoms with Crippen LogP contribution in [0.2, 0.25) is 0 Å². The minimum atomic E-state index is 0.461. The summed E-state index contributed by atoms with van der Waals surface area (Å²) in [5, 5.41) is 0. The van der Waals surface area contributed by atoms with Gasteiger partial charge in [0.2, 0.25) is 5.91 Å². The van der Waals surface area contributed by atoms with Gasteiger partial charge in [-0.25, -0.2) is 0 Å². The molecule has 0 aromatic heterocycles. The van der Waals surface area contributed by atoms with Crippen molar-refractivity contribution in [3.8, 4) is 0 Å². The summed E-state index contributed by atoms with van der Waals surface area (Å²) in [4.78, 5) is 16.4. The molecule has 3 heteroatoms. The first-order valence-electron chi connectivity index (χ1n) is 7.98. The minimum absolute atomic E-state index is 0.461. The Morgan fingerprint density at radius 2 is 1.89 bits per heavy atom. The van der Waals surface area contributed by atoms with E-state index in [1.165, 1.54) is 45.2 Å². The second kappa shape index (κ2) is 4.22. The topological polar surface area (TPSA) is 24.8 Å². The Kier molecular flexibility index (Phi) is 2.65. The first-order valence-corrected chi connectivity index (χ1v) is 7.98. The summed E-state index contributed by atoms with van der Waals surface area (Å²) in [6.07, 6.45) is 8.78. The van der Waals surface area contributed by atoms with Gasteiger partial charge in [-0.15, -0.1) is 0 Å². The fourth-order valence-corrected chi connectivity index (χ4v) is 5.48. The van der Waals surface area contributed by atoms with Crippen molar-refractivity contribution < 1.29 is 9.69 Å². The summed E-state index contributed by atoms with van der Waals surface area (Å²) < 4.78 is 0. The molecule has 1 N–H and O–H groups in total. The Labute approximate surface area is 110 Å². The summed E-state index contributed by atoms with van der Waals surface area (Å²) >= 11 is 0. The molecule has 0 spiro atoms. The standard InChI is InChI=1S/C15H24N2O/c18-14-7-1-6-13-12-5-3-9-16-8-2-4-11(15(12)16)10-17(13)14/h11-13,15H,1-10H2/p+1/t11-,12-,13-,15+/m0/s1. The van der Waals surface area contributed by atoms with Gasteiger partial charge in [-0.2, -0.15) is 0 Å². The lowest BCUT2D eigenvalue weighted by Crippen LogP contribution is -3.20. The predicted octanol–water partition coefficient (Wildman–Crippen LogP) is 0.455. The molecule has 1 amide bonds. The van der Waals surface area contributed by atoms with E-state index in [9.17, 15) is 4.79 Å². The van der Waals surface area contributed by atoms with Crippen LogP contribution in [0.5, 0.6) is 0 Å². The monoisotopic (exact) mass is 249 g/mol. The van der Waals surface area contributed by atoms with Crippen LogP contribution in [0.4, 0.5) is 0 Å². The number of nitrogens with zero attached hydrogens (tertiary/aromatic N) is 1. The average Bonchev–Trinajstić information content (AvgIpc) is 2.41. The van der Waals surface area contributed by atoms with Gasteiger partial charge in [0.1, 0.15) is 0 Å². The number of amides is 1. The third-order valence-electron chi connectivity index (χ3n) is 6.09. The molecular weight excluding hydrogens is 224 g/mol. The van der Waals surface area contributed by atoms with Crippen LogP contribution in [0.15, 0.2) is 0 Å². The van der Waals surface area contributed by atoms with E-state index in [-0.39, 0.29) is 0 Å². The molecule has 4 saturated heterocycles. The van der Waals surface area contributed by atoms with E-state index >= 15 is 0 Å². The molecular formula is C15H25N2O+. The maximum Gasteiger partial charge on any atom is 0.222 e. The number of carbonyl (C=O) groups is 1. The van der Waals surface area contributed by atoms with Crippen molar-refractivity contribution in [2.24, 2.45) is 11.8 Å². The van der Waals surface area contributed by atoms with E-state index in [2.05, 4.69) is 4.90 Å². The van der Waals surface area contributed by atoms with Crippen LogP contribution in [0, 0.1) is 11.8 Å². The molecule has 4 aliphatic rings. The highest BCUT2D eigenvalue weighted by Crippen LogP contribution is 2.39. The van der Waals surface area contributed by atoms with E-state index < -0.39 is 0 Å². The Bertz CT molecular complexity index is 354. The summed E-state index contributed by atoms with van der Waals surface area (Å²) in [7, 11) is 0. The maximum absolute atomic E-state index is 12.2. The molecule has 4 fully saturated rings. The molecule has 100 valence electrons. The number of fused-ring (bicyclic) bond motifs is 2. The lowest BCUT2D eigenvalue weighted by atomic mass is 9.68. The van der Waals surface area contributed by atoms with Gasteiger partial charge in [-0.05, 0) is 38.5 Å². The molecule has 0 saturated carbocycles. The number of nitrogens with one attached hydrogen (secondary N) is 1. The maximum atomic E-state index is 12.2. The van der Waals surface area contributed by atoms with E-state index in [1.807, 2.05) is 4.90 Å². The van der Waals surface area contributed by atoms with Gasteiger partial charge in [0.25, 0.3) is 0 Å². The predicted molar refractivity (Wildman–Crippen MR) is 69.3 cm³/mol. The molecule has 4 heterocycles. The molecule has 1 unspecified atom stereocenters. The lowest BCUT2D eigenvalue weighted by molar-refractivity contribution is -0.946. The molecule has 0 radical (unpaired) electrons. The van der Waals surface area contributed by atoms with Crippen molar-refractivity contribution in [2.45, 2.75) is 57.0 Å². The first kappa shape index (κ1) is 11.3. The second-order valence-corrected chi connectivity index (χ2v) is 6.90. The van der Waals surface area contributed by atoms with Gasteiger partial charge in [-0.3, -0.25) is 4.79 Å². The Balaban J connectivity index is 1.66.